The number of alkyl halides is 1. The predicted molar refractivity (Wildman–Crippen MR) is 66.0 cm³/mol. The second-order valence-corrected chi connectivity index (χ2v) is 3.75. The van der Waals surface area contributed by atoms with Gasteiger partial charge in [0.25, 0.3) is 0 Å². The fourth-order valence-corrected chi connectivity index (χ4v) is 1.45. The van der Waals surface area contributed by atoms with E-state index in [9.17, 15) is 4.39 Å². The molecule has 0 amide bonds. The lowest BCUT2D eigenvalue weighted by Gasteiger charge is -2.23. The largest absolute Gasteiger partial charge is 0.393 e. The third-order valence-electron chi connectivity index (χ3n) is 2.10. The third kappa shape index (κ3) is 4.25. The molecule has 0 atom stereocenters. The molecule has 0 heterocycles. The smallest absolute Gasteiger partial charge is 0.107 e. The van der Waals surface area contributed by atoms with Crippen LogP contribution < -0.4 is 10.6 Å². The van der Waals surface area contributed by atoms with Gasteiger partial charge in [0.05, 0.1) is 4.99 Å². The van der Waals surface area contributed by atoms with Crippen LogP contribution in [-0.2, 0) is 0 Å². The minimum Gasteiger partial charge on any atom is -0.393 e. The van der Waals surface area contributed by atoms with E-state index in [0.717, 1.165) is 5.69 Å². The Kier molecular flexibility index (Phi) is 5.04. The summed E-state index contributed by atoms with van der Waals surface area (Å²) in [7, 11) is 0. The summed E-state index contributed by atoms with van der Waals surface area (Å²) in [5.41, 5.74) is 6.43. The average molecular weight is 226 g/mol. The van der Waals surface area contributed by atoms with Crippen molar-refractivity contribution in [3.05, 3.63) is 30.3 Å². The van der Waals surface area contributed by atoms with Crippen molar-refractivity contribution in [2.45, 2.75) is 6.42 Å². The Morgan fingerprint density at radius 3 is 2.47 bits per heavy atom. The number of nitrogens with two attached hydrogens (primary N) is 1. The Morgan fingerprint density at radius 1 is 1.27 bits per heavy atom. The third-order valence-corrected chi connectivity index (χ3v) is 2.31. The molecule has 0 aliphatic heterocycles. The molecule has 0 unspecified atom stereocenters. The average Bonchev–Trinajstić information content (AvgIpc) is 2.25. The summed E-state index contributed by atoms with van der Waals surface area (Å²) in [6.07, 6.45) is 0.615. The Labute approximate surface area is 94.9 Å². The molecule has 0 bridgehead atoms. The summed E-state index contributed by atoms with van der Waals surface area (Å²) in [6.45, 7) is 0.683. The number of hydrogen-bond donors (Lipinski definition) is 1. The van der Waals surface area contributed by atoms with Crippen LogP contribution in [0, 0.1) is 0 Å². The van der Waals surface area contributed by atoms with Gasteiger partial charge in [-0.15, -0.1) is 0 Å². The highest BCUT2D eigenvalue weighted by Crippen LogP contribution is 2.13. The first-order valence-electron chi connectivity index (χ1n) is 4.88. The summed E-state index contributed by atoms with van der Waals surface area (Å²) in [5.74, 6) is 0. The summed E-state index contributed by atoms with van der Waals surface area (Å²) in [5, 5.41) is 0. The van der Waals surface area contributed by atoms with Crippen LogP contribution in [0.2, 0.25) is 0 Å². The zero-order valence-electron chi connectivity index (χ0n) is 8.53. The molecule has 0 aromatic heterocycles. The first kappa shape index (κ1) is 11.9. The maximum atomic E-state index is 12.3. The second kappa shape index (κ2) is 6.35. The van der Waals surface area contributed by atoms with Crippen molar-refractivity contribution >= 4 is 22.9 Å². The zero-order valence-corrected chi connectivity index (χ0v) is 9.34. The quantitative estimate of drug-likeness (QED) is 0.754. The van der Waals surface area contributed by atoms with Gasteiger partial charge in [-0.25, -0.2) is 4.39 Å². The highest BCUT2D eigenvalue weighted by molar-refractivity contribution is 7.80. The minimum atomic E-state index is -0.369. The van der Waals surface area contributed by atoms with E-state index in [1.807, 2.05) is 35.2 Å². The van der Waals surface area contributed by atoms with Crippen LogP contribution >= 0.6 is 12.2 Å². The van der Waals surface area contributed by atoms with Crippen molar-refractivity contribution in [2.75, 3.05) is 24.7 Å². The Bertz CT molecular complexity index is 303. The van der Waals surface area contributed by atoms with E-state index in [0.29, 0.717) is 24.5 Å². The maximum absolute atomic E-state index is 12.3. The first-order chi connectivity index (χ1) is 7.24. The second-order valence-electron chi connectivity index (χ2n) is 3.23. The number of thiocarbonyl (C=S) groups is 1. The zero-order chi connectivity index (χ0) is 11.1. The predicted octanol–water partition coefficient (Wildman–Crippen LogP) is 2.14. The molecule has 15 heavy (non-hydrogen) atoms. The lowest BCUT2D eigenvalue weighted by molar-refractivity contribution is 0.491. The van der Waals surface area contributed by atoms with Crippen LogP contribution in [0.3, 0.4) is 0 Å². The Hall–Kier alpha value is -1.16. The number of rotatable bonds is 6. The van der Waals surface area contributed by atoms with Crippen LogP contribution in [0.15, 0.2) is 30.3 Å². The summed E-state index contributed by atoms with van der Waals surface area (Å²) >= 11 is 4.81. The van der Waals surface area contributed by atoms with E-state index in [-0.39, 0.29) is 6.67 Å². The van der Waals surface area contributed by atoms with E-state index in [4.69, 9.17) is 18.0 Å². The van der Waals surface area contributed by atoms with E-state index in [1.54, 1.807) is 0 Å². The number of nitrogens with zero attached hydrogens (tertiary/aromatic N) is 1. The van der Waals surface area contributed by atoms with E-state index < -0.39 is 0 Å². The molecule has 2 N–H and O–H groups in total. The van der Waals surface area contributed by atoms with Crippen LogP contribution in [0.5, 0.6) is 0 Å². The lowest BCUT2D eigenvalue weighted by Crippen LogP contribution is -2.29. The minimum absolute atomic E-state index is 0.369. The molecule has 1 rings (SSSR count). The van der Waals surface area contributed by atoms with Gasteiger partial charge in [0.2, 0.25) is 0 Å². The van der Waals surface area contributed by atoms with E-state index >= 15 is 0 Å². The van der Waals surface area contributed by atoms with Gasteiger partial charge >= 0.3 is 0 Å². The molecule has 1 aromatic carbocycles. The molecule has 0 aliphatic rings. The van der Waals surface area contributed by atoms with Crippen molar-refractivity contribution in [3.8, 4) is 0 Å². The maximum Gasteiger partial charge on any atom is 0.107 e. The van der Waals surface area contributed by atoms with Gasteiger partial charge < -0.3 is 10.6 Å². The monoisotopic (exact) mass is 226 g/mol. The van der Waals surface area contributed by atoms with E-state index in [1.165, 1.54) is 0 Å². The molecule has 0 radical (unpaired) electrons. The number of halogens is 1. The molecule has 0 saturated heterocycles. The molecule has 0 spiro atoms. The summed E-state index contributed by atoms with van der Waals surface area (Å²) < 4.78 is 12.3. The molecular weight excluding hydrogens is 211 g/mol. The Balaban J connectivity index is 2.61. The van der Waals surface area contributed by atoms with Crippen molar-refractivity contribution in [1.29, 1.82) is 0 Å². The van der Waals surface area contributed by atoms with E-state index in [2.05, 4.69) is 0 Å². The van der Waals surface area contributed by atoms with Crippen molar-refractivity contribution in [3.63, 3.8) is 0 Å². The lowest BCUT2D eigenvalue weighted by atomic mass is 10.2. The number of hydrogen-bond acceptors (Lipinski definition) is 2. The van der Waals surface area contributed by atoms with Crippen molar-refractivity contribution in [2.24, 2.45) is 5.73 Å². The number of anilines is 1. The van der Waals surface area contributed by atoms with Crippen LogP contribution in [0.25, 0.3) is 0 Å². The fraction of sp³-hybridized carbons (Fsp3) is 0.364. The Morgan fingerprint density at radius 2 is 1.93 bits per heavy atom. The number of benzene rings is 1. The SMILES string of the molecule is NC(=S)CCN(CCF)c1ccccc1. The highest BCUT2D eigenvalue weighted by Gasteiger charge is 2.05. The highest BCUT2D eigenvalue weighted by atomic mass is 32.1. The fourth-order valence-electron chi connectivity index (χ4n) is 1.36. The summed E-state index contributed by atoms with van der Waals surface area (Å²) in [4.78, 5) is 2.41. The summed E-state index contributed by atoms with van der Waals surface area (Å²) in [6, 6.07) is 9.71. The molecule has 0 saturated carbocycles. The van der Waals surface area contributed by atoms with Crippen molar-refractivity contribution < 1.29 is 4.39 Å². The molecular formula is C11H15FN2S. The molecule has 0 aliphatic carbocycles. The van der Waals surface area contributed by atoms with Gasteiger partial charge in [0.1, 0.15) is 6.67 Å². The molecule has 0 fully saturated rings. The van der Waals surface area contributed by atoms with Gasteiger partial charge in [-0.05, 0) is 12.1 Å². The van der Waals surface area contributed by atoms with Gasteiger partial charge in [0.15, 0.2) is 0 Å². The first-order valence-corrected chi connectivity index (χ1v) is 5.29. The van der Waals surface area contributed by atoms with Gasteiger partial charge in [-0.3, -0.25) is 0 Å². The number of para-hydroxylation sites is 1. The molecule has 82 valence electrons. The van der Waals surface area contributed by atoms with Gasteiger partial charge in [-0.1, -0.05) is 30.4 Å². The van der Waals surface area contributed by atoms with Crippen LogP contribution in [0.1, 0.15) is 6.42 Å². The van der Waals surface area contributed by atoms with Gasteiger partial charge in [0, 0.05) is 25.2 Å². The van der Waals surface area contributed by atoms with Crippen LogP contribution in [-0.4, -0.2) is 24.8 Å². The molecule has 2 nitrogen and oxygen atoms in total. The standard InChI is InChI=1S/C11H15FN2S/c12-7-9-14(8-6-11(13)15)10-4-2-1-3-5-10/h1-5H,6-9H2,(H2,13,15). The van der Waals surface area contributed by atoms with Crippen LogP contribution in [0.4, 0.5) is 10.1 Å². The topological polar surface area (TPSA) is 29.3 Å². The normalized spacial score (nSPS) is 9.93. The van der Waals surface area contributed by atoms with Gasteiger partial charge in [-0.2, -0.15) is 0 Å². The molecule has 4 heteroatoms. The molecule has 1 aromatic rings. The van der Waals surface area contributed by atoms with Crippen molar-refractivity contribution in [1.82, 2.24) is 0 Å².